The number of carbonyl (C=O) groups excluding carboxylic acids is 1. The zero-order chi connectivity index (χ0) is 17.3. The SMILES string of the molecule is CC(C)(C)OC(=O)N1CCc2cn(OS(=O)(=O)CF)nc2CC1. The van der Waals surface area contributed by atoms with Crippen LogP contribution >= 0.6 is 0 Å². The van der Waals surface area contributed by atoms with Crippen LogP contribution in [0.1, 0.15) is 32.0 Å². The minimum atomic E-state index is -4.28. The third-order valence-corrected chi connectivity index (χ3v) is 3.75. The fourth-order valence-corrected chi connectivity index (χ4v) is 2.48. The van der Waals surface area contributed by atoms with Crippen molar-refractivity contribution in [2.24, 2.45) is 0 Å². The van der Waals surface area contributed by atoms with Crippen LogP contribution in [0.3, 0.4) is 0 Å². The van der Waals surface area contributed by atoms with Crippen LogP contribution in [-0.2, 0) is 27.7 Å². The summed E-state index contributed by atoms with van der Waals surface area (Å²) in [5.74, 6) is 0. The monoisotopic (exact) mass is 349 g/mol. The molecule has 0 saturated heterocycles. The molecule has 0 unspecified atom stereocenters. The number of alkyl halides is 1. The number of aromatic nitrogens is 2. The Bertz CT molecular complexity index is 655. The molecule has 0 saturated carbocycles. The first-order valence-corrected chi connectivity index (χ1v) is 8.71. The molecule has 0 bridgehead atoms. The summed E-state index contributed by atoms with van der Waals surface area (Å²) in [7, 11) is -4.28. The minimum absolute atomic E-state index is 0.396. The van der Waals surface area contributed by atoms with Crippen LogP contribution in [-0.4, -0.2) is 54.1 Å². The Balaban J connectivity index is 2.03. The maximum atomic E-state index is 12.3. The highest BCUT2D eigenvalue weighted by molar-refractivity contribution is 7.86. The van der Waals surface area contributed by atoms with Crippen molar-refractivity contribution in [2.45, 2.75) is 39.2 Å². The highest BCUT2D eigenvalue weighted by atomic mass is 32.2. The van der Waals surface area contributed by atoms with E-state index in [2.05, 4.69) is 9.38 Å². The van der Waals surface area contributed by atoms with Gasteiger partial charge in [-0.3, -0.25) is 4.28 Å². The third-order valence-electron chi connectivity index (χ3n) is 3.10. The second kappa shape index (κ2) is 6.34. The van der Waals surface area contributed by atoms with Gasteiger partial charge in [-0.1, -0.05) is 4.85 Å². The summed E-state index contributed by atoms with van der Waals surface area (Å²) in [5.41, 5.74) is 0.803. The number of nitrogens with zero attached hydrogens (tertiary/aromatic N) is 3. The Kier molecular flexibility index (Phi) is 4.83. The zero-order valence-corrected chi connectivity index (χ0v) is 14.1. The Labute approximate surface area is 134 Å². The molecule has 23 heavy (non-hydrogen) atoms. The van der Waals surface area contributed by atoms with Crippen molar-refractivity contribution >= 4 is 16.2 Å². The van der Waals surface area contributed by atoms with Gasteiger partial charge < -0.3 is 9.64 Å². The molecule has 1 aromatic rings. The molecule has 0 aliphatic carbocycles. The molecule has 0 fully saturated rings. The fraction of sp³-hybridized carbons (Fsp3) is 0.692. The van der Waals surface area contributed by atoms with E-state index in [1.54, 1.807) is 25.7 Å². The van der Waals surface area contributed by atoms with Crippen molar-refractivity contribution in [1.82, 2.24) is 14.8 Å². The maximum absolute atomic E-state index is 12.3. The summed E-state index contributed by atoms with van der Waals surface area (Å²) >= 11 is 0. The summed E-state index contributed by atoms with van der Waals surface area (Å²) in [4.78, 5) is 14.4. The molecule has 0 atom stereocenters. The molecule has 1 aliphatic heterocycles. The standard InChI is InChI=1S/C13H20FN3O5S/c1-13(2,3)21-12(18)16-6-4-10-8-17(15-11(10)5-7-16)22-23(19,20)9-14/h8H,4-7,9H2,1-3H3. The zero-order valence-electron chi connectivity index (χ0n) is 13.3. The molecule has 1 amide bonds. The van der Waals surface area contributed by atoms with Crippen LogP contribution in [0.2, 0.25) is 0 Å². The highest BCUT2D eigenvalue weighted by Crippen LogP contribution is 2.17. The summed E-state index contributed by atoms with van der Waals surface area (Å²) in [6, 6.07) is -1.62. The summed E-state index contributed by atoms with van der Waals surface area (Å²) < 4.78 is 44.3. The first-order chi connectivity index (χ1) is 10.6. The fourth-order valence-electron chi connectivity index (χ4n) is 2.13. The summed E-state index contributed by atoms with van der Waals surface area (Å²) in [6.07, 6.45) is 1.90. The van der Waals surface area contributed by atoms with Gasteiger partial charge in [0.05, 0.1) is 11.9 Å². The van der Waals surface area contributed by atoms with Gasteiger partial charge in [-0.2, -0.15) is 8.42 Å². The lowest BCUT2D eigenvalue weighted by atomic mass is 10.2. The normalized spacial score (nSPS) is 15.7. The van der Waals surface area contributed by atoms with Crippen molar-refractivity contribution in [2.75, 3.05) is 19.1 Å². The summed E-state index contributed by atoms with van der Waals surface area (Å²) in [5, 5.41) is 3.98. The van der Waals surface area contributed by atoms with E-state index in [1.807, 2.05) is 0 Å². The number of amides is 1. The first-order valence-electron chi connectivity index (χ1n) is 7.13. The second-order valence-corrected chi connectivity index (χ2v) is 7.69. The lowest BCUT2D eigenvalue weighted by Gasteiger charge is -2.26. The topological polar surface area (TPSA) is 90.7 Å². The maximum Gasteiger partial charge on any atom is 0.410 e. The number of halogens is 1. The van der Waals surface area contributed by atoms with E-state index < -0.39 is 27.8 Å². The van der Waals surface area contributed by atoms with Gasteiger partial charge in [0.25, 0.3) is 0 Å². The van der Waals surface area contributed by atoms with Gasteiger partial charge >= 0.3 is 16.2 Å². The average molecular weight is 349 g/mol. The Morgan fingerprint density at radius 3 is 2.61 bits per heavy atom. The molecule has 0 N–H and O–H groups in total. The van der Waals surface area contributed by atoms with E-state index in [-0.39, 0.29) is 0 Å². The molecular formula is C13H20FN3O5S. The Morgan fingerprint density at radius 2 is 2.00 bits per heavy atom. The van der Waals surface area contributed by atoms with Crippen LogP contribution in [0.15, 0.2) is 6.20 Å². The largest absolute Gasteiger partial charge is 0.444 e. The van der Waals surface area contributed by atoms with Gasteiger partial charge in [-0.25, -0.2) is 9.18 Å². The number of ether oxygens (including phenoxy) is 1. The molecule has 10 heteroatoms. The number of hydrogen-bond donors (Lipinski definition) is 0. The average Bonchev–Trinajstić information content (AvgIpc) is 2.67. The predicted octanol–water partition coefficient (Wildman–Crippen LogP) is 0.904. The van der Waals surface area contributed by atoms with Crippen LogP contribution in [0.25, 0.3) is 0 Å². The van der Waals surface area contributed by atoms with Gasteiger partial charge in [0.1, 0.15) is 5.60 Å². The molecule has 1 aromatic heterocycles. The summed E-state index contributed by atoms with van der Waals surface area (Å²) in [6.45, 7) is 6.21. The van der Waals surface area contributed by atoms with Crippen LogP contribution < -0.4 is 4.28 Å². The molecule has 0 aromatic carbocycles. The smallest absolute Gasteiger partial charge is 0.410 e. The van der Waals surface area contributed by atoms with Crippen molar-refractivity contribution in [3.63, 3.8) is 0 Å². The number of hydrogen-bond acceptors (Lipinski definition) is 6. The number of rotatable bonds is 3. The van der Waals surface area contributed by atoms with E-state index in [0.717, 1.165) is 10.4 Å². The van der Waals surface area contributed by atoms with Crippen molar-refractivity contribution < 1.29 is 26.6 Å². The van der Waals surface area contributed by atoms with E-state index >= 15 is 0 Å². The predicted molar refractivity (Wildman–Crippen MR) is 78.9 cm³/mol. The molecule has 8 nitrogen and oxygen atoms in total. The molecule has 2 rings (SSSR count). The molecular weight excluding hydrogens is 329 g/mol. The van der Waals surface area contributed by atoms with E-state index in [1.165, 1.54) is 6.20 Å². The van der Waals surface area contributed by atoms with Gasteiger partial charge in [0.15, 0.2) is 0 Å². The van der Waals surface area contributed by atoms with Crippen molar-refractivity contribution in [3.05, 3.63) is 17.5 Å². The number of carbonyl (C=O) groups is 1. The van der Waals surface area contributed by atoms with Crippen molar-refractivity contribution in [1.29, 1.82) is 0 Å². The number of fused-ring (bicyclic) bond motifs is 1. The van der Waals surface area contributed by atoms with Gasteiger partial charge in [0.2, 0.25) is 6.01 Å². The van der Waals surface area contributed by atoms with Gasteiger partial charge in [0, 0.05) is 19.5 Å². The van der Waals surface area contributed by atoms with Crippen LogP contribution in [0, 0.1) is 0 Å². The van der Waals surface area contributed by atoms with Crippen LogP contribution in [0.5, 0.6) is 0 Å². The van der Waals surface area contributed by atoms with E-state index in [0.29, 0.717) is 31.6 Å². The second-order valence-electron chi connectivity index (χ2n) is 6.21. The lowest BCUT2D eigenvalue weighted by Crippen LogP contribution is -2.38. The highest BCUT2D eigenvalue weighted by Gasteiger charge is 2.26. The Hall–Kier alpha value is -1.84. The van der Waals surface area contributed by atoms with E-state index in [4.69, 9.17) is 4.74 Å². The third kappa shape index (κ3) is 4.81. The lowest BCUT2D eigenvalue weighted by molar-refractivity contribution is 0.0258. The molecule has 0 radical (unpaired) electrons. The molecule has 130 valence electrons. The molecule has 0 spiro atoms. The van der Waals surface area contributed by atoms with Crippen molar-refractivity contribution in [3.8, 4) is 0 Å². The van der Waals surface area contributed by atoms with E-state index in [9.17, 15) is 17.6 Å². The molecule has 1 aliphatic rings. The first kappa shape index (κ1) is 17.5. The van der Waals surface area contributed by atoms with Gasteiger partial charge in [-0.05, 0) is 32.8 Å². The van der Waals surface area contributed by atoms with Gasteiger partial charge in [-0.15, -0.1) is 5.10 Å². The quantitative estimate of drug-likeness (QED) is 0.805. The molecule has 2 heterocycles. The minimum Gasteiger partial charge on any atom is -0.444 e. The van der Waals surface area contributed by atoms with Crippen LogP contribution in [0.4, 0.5) is 9.18 Å². The Morgan fingerprint density at radius 1 is 1.35 bits per heavy atom.